The van der Waals surface area contributed by atoms with E-state index in [1.54, 1.807) is 6.07 Å². The molecule has 1 saturated heterocycles. The molecule has 1 aliphatic rings. The molecule has 0 bridgehead atoms. The molecule has 2 N–H and O–H groups in total. The van der Waals surface area contributed by atoms with Crippen LogP contribution in [0.4, 0.5) is 4.39 Å². The molecule has 0 aromatic heterocycles. The van der Waals surface area contributed by atoms with E-state index >= 15 is 0 Å². The van der Waals surface area contributed by atoms with Gasteiger partial charge in [-0.3, -0.25) is 4.90 Å². The summed E-state index contributed by atoms with van der Waals surface area (Å²) in [7, 11) is 2.13. The van der Waals surface area contributed by atoms with Crippen LogP contribution >= 0.6 is 0 Å². The fourth-order valence-electron chi connectivity index (χ4n) is 2.77. The predicted octanol–water partition coefficient (Wildman–Crippen LogP) is 1.77. The minimum atomic E-state index is -0.140. The molecule has 1 unspecified atom stereocenters. The molecule has 3 nitrogen and oxygen atoms in total. The molecule has 1 aliphatic heterocycles. The highest BCUT2D eigenvalue weighted by Gasteiger charge is 2.23. The van der Waals surface area contributed by atoms with E-state index < -0.39 is 0 Å². The number of halogens is 1. The van der Waals surface area contributed by atoms with E-state index in [1.165, 1.54) is 0 Å². The lowest BCUT2D eigenvalue weighted by Crippen LogP contribution is -2.37. The van der Waals surface area contributed by atoms with E-state index in [1.807, 2.05) is 19.1 Å². The van der Waals surface area contributed by atoms with Gasteiger partial charge in [0.15, 0.2) is 0 Å². The van der Waals surface area contributed by atoms with Crippen LogP contribution in [0, 0.1) is 12.7 Å². The number of nitrogens with zero attached hydrogens (tertiary/aromatic N) is 2. The minimum Gasteiger partial charge on any atom is -0.329 e. The summed E-state index contributed by atoms with van der Waals surface area (Å²) in [5.41, 5.74) is 7.75. The fourth-order valence-corrected chi connectivity index (χ4v) is 2.77. The molecular weight excluding hydrogens is 241 g/mol. The first-order valence-electron chi connectivity index (χ1n) is 7.00. The van der Waals surface area contributed by atoms with Crippen molar-refractivity contribution in [3.8, 4) is 0 Å². The Morgan fingerprint density at radius 3 is 2.79 bits per heavy atom. The zero-order valence-electron chi connectivity index (χ0n) is 11.9. The normalized spacial score (nSPS) is 20.2. The molecule has 0 spiro atoms. The Labute approximate surface area is 115 Å². The Bertz CT molecular complexity index is 422. The summed E-state index contributed by atoms with van der Waals surface area (Å²) in [6.45, 7) is 6.51. The quantitative estimate of drug-likeness (QED) is 0.904. The standard InChI is InChI=1S/C15H24FN3/c1-12-4-5-14(16)13(10-12)15(11-17)19-7-3-6-18(2)8-9-19/h4-5,10,15H,3,6-9,11,17H2,1-2H3. The molecule has 0 radical (unpaired) electrons. The van der Waals surface area contributed by atoms with Crippen LogP contribution in [0.1, 0.15) is 23.6 Å². The van der Waals surface area contributed by atoms with Crippen molar-refractivity contribution in [1.82, 2.24) is 9.80 Å². The smallest absolute Gasteiger partial charge is 0.128 e. The third kappa shape index (κ3) is 3.53. The first kappa shape index (κ1) is 14.4. The van der Waals surface area contributed by atoms with Gasteiger partial charge in [-0.2, -0.15) is 0 Å². The van der Waals surface area contributed by atoms with Crippen LogP contribution in [-0.4, -0.2) is 49.6 Å². The average molecular weight is 265 g/mol. The predicted molar refractivity (Wildman–Crippen MR) is 76.6 cm³/mol. The van der Waals surface area contributed by atoms with Gasteiger partial charge in [0.2, 0.25) is 0 Å². The van der Waals surface area contributed by atoms with Gasteiger partial charge < -0.3 is 10.6 Å². The Morgan fingerprint density at radius 2 is 2.05 bits per heavy atom. The molecule has 19 heavy (non-hydrogen) atoms. The second kappa shape index (κ2) is 6.46. The van der Waals surface area contributed by atoms with Gasteiger partial charge in [0.05, 0.1) is 0 Å². The second-order valence-electron chi connectivity index (χ2n) is 5.47. The number of likely N-dealkylation sites (N-methyl/N-ethyl adjacent to an activating group) is 1. The molecule has 0 aliphatic carbocycles. The first-order chi connectivity index (χ1) is 9.11. The third-order valence-corrected chi connectivity index (χ3v) is 3.93. The molecule has 0 amide bonds. The molecule has 106 valence electrons. The Kier molecular flexibility index (Phi) is 4.91. The number of rotatable bonds is 3. The van der Waals surface area contributed by atoms with Crippen molar-refractivity contribution in [3.63, 3.8) is 0 Å². The van der Waals surface area contributed by atoms with Crippen molar-refractivity contribution >= 4 is 0 Å². The molecule has 2 rings (SSSR count). The third-order valence-electron chi connectivity index (χ3n) is 3.93. The molecule has 1 aromatic rings. The van der Waals surface area contributed by atoms with Gasteiger partial charge in [0, 0.05) is 37.8 Å². The maximum atomic E-state index is 14.0. The van der Waals surface area contributed by atoms with Crippen molar-refractivity contribution in [2.24, 2.45) is 5.73 Å². The maximum Gasteiger partial charge on any atom is 0.128 e. The number of hydrogen-bond donors (Lipinski definition) is 1. The van der Waals surface area contributed by atoms with Crippen molar-refractivity contribution in [1.29, 1.82) is 0 Å². The van der Waals surface area contributed by atoms with Crippen LogP contribution in [0.25, 0.3) is 0 Å². The van der Waals surface area contributed by atoms with E-state index in [4.69, 9.17) is 5.73 Å². The van der Waals surface area contributed by atoms with Crippen LogP contribution in [0.15, 0.2) is 18.2 Å². The van der Waals surface area contributed by atoms with Gasteiger partial charge in [0.1, 0.15) is 5.82 Å². The first-order valence-corrected chi connectivity index (χ1v) is 7.00. The summed E-state index contributed by atoms with van der Waals surface area (Å²) < 4.78 is 14.0. The summed E-state index contributed by atoms with van der Waals surface area (Å²) >= 11 is 0. The van der Waals surface area contributed by atoms with Gasteiger partial charge in [-0.25, -0.2) is 4.39 Å². The number of benzene rings is 1. The SMILES string of the molecule is Cc1ccc(F)c(C(CN)N2CCCN(C)CC2)c1. The minimum absolute atomic E-state index is 0.00796. The number of hydrogen-bond acceptors (Lipinski definition) is 3. The van der Waals surface area contributed by atoms with Crippen LogP contribution in [-0.2, 0) is 0 Å². The summed E-state index contributed by atoms with van der Waals surface area (Å²) in [5.74, 6) is -0.140. The van der Waals surface area contributed by atoms with Crippen molar-refractivity contribution in [3.05, 3.63) is 35.1 Å². The monoisotopic (exact) mass is 265 g/mol. The van der Waals surface area contributed by atoms with Crippen molar-refractivity contribution in [2.75, 3.05) is 39.8 Å². The van der Waals surface area contributed by atoms with E-state index in [0.717, 1.165) is 43.7 Å². The zero-order valence-corrected chi connectivity index (χ0v) is 11.9. The molecule has 1 atom stereocenters. The Balaban J connectivity index is 2.21. The van der Waals surface area contributed by atoms with E-state index in [2.05, 4.69) is 16.8 Å². The zero-order chi connectivity index (χ0) is 13.8. The second-order valence-corrected chi connectivity index (χ2v) is 5.47. The van der Waals surface area contributed by atoms with Crippen molar-refractivity contribution < 1.29 is 4.39 Å². The summed E-state index contributed by atoms with van der Waals surface area (Å²) in [6.07, 6.45) is 1.11. The molecular formula is C15H24FN3. The largest absolute Gasteiger partial charge is 0.329 e. The maximum absolute atomic E-state index is 14.0. The fraction of sp³-hybridized carbons (Fsp3) is 0.600. The van der Waals surface area contributed by atoms with Gasteiger partial charge in [0.25, 0.3) is 0 Å². The summed E-state index contributed by atoms with van der Waals surface area (Å²) in [4.78, 5) is 4.64. The lowest BCUT2D eigenvalue weighted by atomic mass is 10.0. The van der Waals surface area contributed by atoms with Crippen LogP contribution in [0.5, 0.6) is 0 Å². The molecule has 1 aromatic carbocycles. The highest BCUT2D eigenvalue weighted by atomic mass is 19.1. The topological polar surface area (TPSA) is 32.5 Å². The Hall–Kier alpha value is -0.970. The van der Waals surface area contributed by atoms with Gasteiger partial charge in [-0.15, -0.1) is 0 Å². The van der Waals surface area contributed by atoms with Gasteiger partial charge in [-0.05, 0) is 33.0 Å². The lowest BCUT2D eigenvalue weighted by molar-refractivity contribution is 0.204. The van der Waals surface area contributed by atoms with E-state index in [-0.39, 0.29) is 11.9 Å². The van der Waals surface area contributed by atoms with Crippen LogP contribution in [0.2, 0.25) is 0 Å². The molecule has 4 heteroatoms. The molecule has 1 fully saturated rings. The highest BCUT2D eigenvalue weighted by Crippen LogP contribution is 2.24. The summed E-state index contributed by atoms with van der Waals surface area (Å²) in [6, 6.07) is 5.29. The number of nitrogens with two attached hydrogens (primary N) is 1. The summed E-state index contributed by atoms with van der Waals surface area (Å²) in [5, 5.41) is 0. The lowest BCUT2D eigenvalue weighted by Gasteiger charge is -2.30. The van der Waals surface area contributed by atoms with E-state index in [9.17, 15) is 4.39 Å². The number of aryl methyl sites for hydroxylation is 1. The average Bonchev–Trinajstić information content (AvgIpc) is 2.60. The van der Waals surface area contributed by atoms with Crippen LogP contribution in [0.3, 0.4) is 0 Å². The molecule has 1 heterocycles. The van der Waals surface area contributed by atoms with Gasteiger partial charge in [-0.1, -0.05) is 17.7 Å². The molecule has 0 saturated carbocycles. The van der Waals surface area contributed by atoms with E-state index in [0.29, 0.717) is 6.54 Å². The highest BCUT2D eigenvalue weighted by molar-refractivity contribution is 5.27. The van der Waals surface area contributed by atoms with Crippen molar-refractivity contribution in [2.45, 2.75) is 19.4 Å². The van der Waals surface area contributed by atoms with Gasteiger partial charge >= 0.3 is 0 Å². The Morgan fingerprint density at radius 1 is 1.26 bits per heavy atom. The van der Waals surface area contributed by atoms with Crippen LogP contribution < -0.4 is 5.73 Å².